The van der Waals surface area contributed by atoms with Crippen molar-refractivity contribution in [1.29, 1.82) is 0 Å². The van der Waals surface area contributed by atoms with Crippen molar-refractivity contribution in [2.75, 3.05) is 5.73 Å². The van der Waals surface area contributed by atoms with Crippen molar-refractivity contribution in [2.45, 2.75) is 19.8 Å². The molecule has 0 saturated heterocycles. The number of fused-ring (bicyclic) bond motifs is 1. The molecule has 1 heterocycles. The summed E-state index contributed by atoms with van der Waals surface area (Å²) in [6, 6.07) is 6.10. The summed E-state index contributed by atoms with van der Waals surface area (Å²) in [6.07, 6.45) is 1.59. The van der Waals surface area contributed by atoms with Crippen molar-refractivity contribution in [3.05, 3.63) is 30.0 Å². The molecule has 0 aliphatic heterocycles. The van der Waals surface area contributed by atoms with Crippen LogP contribution in [0.1, 0.15) is 25.3 Å². The van der Waals surface area contributed by atoms with Crippen LogP contribution in [0.4, 0.5) is 5.82 Å². The Hall–Kier alpha value is -1.64. The number of nitrogen functional groups attached to an aromatic ring is 1. The van der Waals surface area contributed by atoms with Gasteiger partial charge in [-0.3, -0.25) is 4.98 Å². The first-order valence-corrected chi connectivity index (χ1v) is 4.69. The molecule has 14 heavy (non-hydrogen) atoms. The summed E-state index contributed by atoms with van der Waals surface area (Å²) in [7, 11) is 0. The summed E-state index contributed by atoms with van der Waals surface area (Å²) in [5.74, 6) is 0.980. The molecule has 0 aliphatic rings. The van der Waals surface area contributed by atoms with Crippen molar-refractivity contribution < 1.29 is 0 Å². The molecule has 2 rings (SSSR count). The SMILES string of the molecule is CC(C)c1ccc2nc(N)cnc2c1. The zero-order chi connectivity index (χ0) is 10.1. The van der Waals surface area contributed by atoms with Gasteiger partial charge in [-0.1, -0.05) is 19.9 Å². The Balaban J connectivity index is 2.62. The van der Waals surface area contributed by atoms with Gasteiger partial charge in [0.25, 0.3) is 0 Å². The maximum Gasteiger partial charge on any atom is 0.142 e. The van der Waals surface area contributed by atoms with Gasteiger partial charge in [0, 0.05) is 0 Å². The molecule has 0 bridgehead atoms. The first kappa shape index (κ1) is 8.94. The third-order valence-corrected chi connectivity index (χ3v) is 2.25. The molecule has 0 fully saturated rings. The van der Waals surface area contributed by atoms with E-state index in [1.54, 1.807) is 6.20 Å². The molecule has 1 aromatic carbocycles. The lowest BCUT2D eigenvalue weighted by Gasteiger charge is -2.05. The normalized spacial score (nSPS) is 11.1. The minimum absolute atomic E-state index is 0.467. The van der Waals surface area contributed by atoms with Gasteiger partial charge in [0.2, 0.25) is 0 Å². The largest absolute Gasteiger partial charge is 0.382 e. The van der Waals surface area contributed by atoms with Gasteiger partial charge in [0.1, 0.15) is 5.82 Å². The summed E-state index contributed by atoms with van der Waals surface area (Å²) in [4.78, 5) is 8.43. The molecule has 0 atom stereocenters. The lowest BCUT2D eigenvalue weighted by molar-refractivity contribution is 0.868. The second-order valence-electron chi connectivity index (χ2n) is 3.70. The number of rotatable bonds is 1. The number of hydrogen-bond acceptors (Lipinski definition) is 3. The van der Waals surface area contributed by atoms with E-state index < -0.39 is 0 Å². The van der Waals surface area contributed by atoms with Crippen LogP contribution < -0.4 is 5.73 Å². The molecule has 1 aromatic heterocycles. The summed E-state index contributed by atoms with van der Waals surface area (Å²) in [6.45, 7) is 4.32. The summed E-state index contributed by atoms with van der Waals surface area (Å²) in [5.41, 5.74) is 8.59. The molecule has 0 saturated carbocycles. The molecule has 0 amide bonds. The topological polar surface area (TPSA) is 51.8 Å². The lowest BCUT2D eigenvalue weighted by Crippen LogP contribution is -1.94. The summed E-state index contributed by atoms with van der Waals surface area (Å²) in [5, 5.41) is 0. The second kappa shape index (κ2) is 3.25. The molecular weight excluding hydrogens is 174 g/mol. The lowest BCUT2D eigenvalue weighted by atomic mass is 10.0. The van der Waals surface area contributed by atoms with Gasteiger partial charge >= 0.3 is 0 Å². The van der Waals surface area contributed by atoms with Crippen LogP contribution in [0.2, 0.25) is 0 Å². The maximum atomic E-state index is 5.55. The number of aromatic nitrogens is 2. The highest BCUT2D eigenvalue weighted by atomic mass is 14.9. The van der Waals surface area contributed by atoms with Gasteiger partial charge < -0.3 is 5.73 Å². The molecule has 3 nitrogen and oxygen atoms in total. The van der Waals surface area contributed by atoms with E-state index in [1.807, 2.05) is 6.07 Å². The molecular formula is C11H13N3. The average Bonchev–Trinajstić information content (AvgIpc) is 2.16. The summed E-state index contributed by atoms with van der Waals surface area (Å²) < 4.78 is 0. The zero-order valence-electron chi connectivity index (χ0n) is 8.36. The van der Waals surface area contributed by atoms with Crippen LogP contribution in [-0.4, -0.2) is 9.97 Å². The monoisotopic (exact) mass is 187 g/mol. The van der Waals surface area contributed by atoms with Crippen molar-refractivity contribution in [1.82, 2.24) is 9.97 Å². The van der Waals surface area contributed by atoms with Crippen LogP contribution in [0, 0.1) is 0 Å². The van der Waals surface area contributed by atoms with Crippen LogP contribution in [0.3, 0.4) is 0 Å². The van der Waals surface area contributed by atoms with Crippen molar-refractivity contribution in [3.8, 4) is 0 Å². The van der Waals surface area contributed by atoms with Crippen LogP contribution in [0.5, 0.6) is 0 Å². The Bertz CT molecular complexity index is 463. The van der Waals surface area contributed by atoms with E-state index in [-0.39, 0.29) is 0 Å². The quantitative estimate of drug-likeness (QED) is 0.745. The van der Waals surface area contributed by atoms with E-state index in [2.05, 4.69) is 35.9 Å². The maximum absolute atomic E-state index is 5.55. The highest BCUT2D eigenvalue weighted by Gasteiger charge is 2.02. The molecule has 0 radical (unpaired) electrons. The third-order valence-electron chi connectivity index (χ3n) is 2.25. The van der Waals surface area contributed by atoms with Gasteiger partial charge in [-0.25, -0.2) is 4.98 Å². The fourth-order valence-corrected chi connectivity index (χ4v) is 1.40. The van der Waals surface area contributed by atoms with Gasteiger partial charge in [0.15, 0.2) is 0 Å². The van der Waals surface area contributed by atoms with Crippen molar-refractivity contribution in [3.63, 3.8) is 0 Å². The van der Waals surface area contributed by atoms with Crippen LogP contribution in [0.15, 0.2) is 24.4 Å². The Morgan fingerprint density at radius 3 is 2.71 bits per heavy atom. The number of hydrogen-bond donors (Lipinski definition) is 1. The van der Waals surface area contributed by atoms with E-state index in [0.29, 0.717) is 11.7 Å². The Morgan fingerprint density at radius 1 is 1.21 bits per heavy atom. The highest BCUT2D eigenvalue weighted by molar-refractivity contribution is 5.76. The Kier molecular flexibility index (Phi) is 2.08. The molecule has 0 aliphatic carbocycles. The summed E-state index contributed by atoms with van der Waals surface area (Å²) >= 11 is 0. The highest BCUT2D eigenvalue weighted by Crippen LogP contribution is 2.19. The molecule has 2 N–H and O–H groups in total. The Morgan fingerprint density at radius 2 is 2.00 bits per heavy atom. The second-order valence-corrected chi connectivity index (χ2v) is 3.70. The van der Waals surface area contributed by atoms with Crippen LogP contribution in [-0.2, 0) is 0 Å². The van der Waals surface area contributed by atoms with Gasteiger partial charge in [-0.05, 0) is 23.6 Å². The smallest absolute Gasteiger partial charge is 0.142 e. The molecule has 72 valence electrons. The number of benzene rings is 1. The van der Waals surface area contributed by atoms with E-state index in [1.165, 1.54) is 5.56 Å². The molecule has 0 unspecified atom stereocenters. The standard InChI is InChI=1S/C11H13N3/c1-7(2)8-3-4-9-10(5-8)13-6-11(12)14-9/h3-7H,1-2H3,(H2,12,14). The Labute approximate surface area is 83.0 Å². The minimum Gasteiger partial charge on any atom is -0.382 e. The first-order valence-electron chi connectivity index (χ1n) is 4.69. The number of nitrogens with two attached hydrogens (primary N) is 1. The molecule has 2 aromatic rings. The van der Waals surface area contributed by atoms with E-state index in [4.69, 9.17) is 5.73 Å². The third kappa shape index (κ3) is 1.53. The first-order chi connectivity index (χ1) is 6.66. The van der Waals surface area contributed by atoms with Gasteiger partial charge in [-0.15, -0.1) is 0 Å². The van der Waals surface area contributed by atoms with Crippen molar-refractivity contribution in [2.24, 2.45) is 0 Å². The minimum atomic E-state index is 0.467. The van der Waals surface area contributed by atoms with Crippen molar-refractivity contribution >= 4 is 16.9 Å². The van der Waals surface area contributed by atoms with Gasteiger partial charge in [-0.2, -0.15) is 0 Å². The fraction of sp³-hybridized carbons (Fsp3) is 0.273. The number of nitrogens with zero attached hydrogens (tertiary/aromatic N) is 2. The van der Waals surface area contributed by atoms with Gasteiger partial charge in [0.05, 0.1) is 17.2 Å². The van der Waals surface area contributed by atoms with E-state index >= 15 is 0 Å². The van der Waals surface area contributed by atoms with Crippen LogP contribution >= 0.6 is 0 Å². The predicted octanol–water partition coefficient (Wildman–Crippen LogP) is 2.34. The average molecular weight is 187 g/mol. The zero-order valence-corrected chi connectivity index (χ0v) is 8.36. The fourth-order valence-electron chi connectivity index (χ4n) is 1.40. The molecule has 0 spiro atoms. The number of anilines is 1. The van der Waals surface area contributed by atoms with Crippen LogP contribution in [0.25, 0.3) is 11.0 Å². The van der Waals surface area contributed by atoms with E-state index in [0.717, 1.165) is 11.0 Å². The molecule has 3 heteroatoms. The predicted molar refractivity (Wildman–Crippen MR) is 58.0 cm³/mol. The van der Waals surface area contributed by atoms with E-state index in [9.17, 15) is 0 Å².